The van der Waals surface area contributed by atoms with Crippen LogP contribution in [0.15, 0.2) is 36.4 Å². The number of amides is 2. The van der Waals surface area contributed by atoms with E-state index in [0.717, 1.165) is 11.1 Å². The summed E-state index contributed by atoms with van der Waals surface area (Å²) < 4.78 is 5.78. The summed E-state index contributed by atoms with van der Waals surface area (Å²) in [5.41, 5.74) is 2.55. The monoisotopic (exact) mass is 450 g/mol. The van der Waals surface area contributed by atoms with Crippen LogP contribution in [0.2, 0.25) is 10.0 Å². The SMILES string of the molecule is Cc1ccc(C)c(OCC(=O)N(Cc2c(Cl)cccc2Cl)C(C)C(=O)NC(C)C)c1. The molecule has 0 saturated carbocycles. The lowest BCUT2D eigenvalue weighted by atomic mass is 10.1. The Morgan fingerprint density at radius 3 is 2.30 bits per heavy atom. The molecule has 0 aromatic heterocycles. The number of carbonyl (C=O) groups is 2. The maximum Gasteiger partial charge on any atom is 0.261 e. The standard InChI is InChI=1S/C23H28Cl2N2O3/c1-14(2)26-23(29)17(5)27(12-18-19(24)7-6-8-20(18)25)22(28)13-30-21-11-15(3)9-10-16(21)4/h6-11,14,17H,12-13H2,1-5H3,(H,26,29). The molecule has 0 saturated heterocycles. The molecule has 0 aliphatic carbocycles. The predicted octanol–water partition coefficient (Wildman–Crippen LogP) is 4.93. The van der Waals surface area contributed by atoms with Crippen LogP contribution in [0.1, 0.15) is 37.5 Å². The molecule has 1 atom stereocenters. The van der Waals surface area contributed by atoms with Crippen molar-refractivity contribution in [3.63, 3.8) is 0 Å². The number of aryl methyl sites for hydroxylation is 2. The van der Waals surface area contributed by atoms with E-state index < -0.39 is 6.04 Å². The predicted molar refractivity (Wildman–Crippen MR) is 121 cm³/mol. The molecule has 2 amide bonds. The molecule has 1 N–H and O–H groups in total. The van der Waals surface area contributed by atoms with Gasteiger partial charge in [-0.1, -0.05) is 41.4 Å². The Morgan fingerprint density at radius 2 is 1.70 bits per heavy atom. The minimum absolute atomic E-state index is 0.0491. The van der Waals surface area contributed by atoms with Crippen LogP contribution in [-0.2, 0) is 16.1 Å². The molecular formula is C23H28Cl2N2O3. The minimum atomic E-state index is -0.727. The zero-order valence-electron chi connectivity index (χ0n) is 18.0. The maximum absolute atomic E-state index is 13.1. The molecule has 0 heterocycles. The van der Waals surface area contributed by atoms with Gasteiger partial charge in [-0.3, -0.25) is 9.59 Å². The van der Waals surface area contributed by atoms with Crippen molar-refractivity contribution in [3.05, 3.63) is 63.1 Å². The van der Waals surface area contributed by atoms with Crippen molar-refractivity contribution < 1.29 is 14.3 Å². The first kappa shape index (κ1) is 24.0. The number of benzene rings is 2. The van der Waals surface area contributed by atoms with Gasteiger partial charge in [0.15, 0.2) is 6.61 Å². The number of hydrogen-bond acceptors (Lipinski definition) is 3. The quantitative estimate of drug-likeness (QED) is 0.619. The zero-order chi connectivity index (χ0) is 22.4. The molecule has 0 fully saturated rings. The topological polar surface area (TPSA) is 58.6 Å². The first-order valence-electron chi connectivity index (χ1n) is 9.83. The highest BCUT2D eigenvalue weighted by molar-refractivity contribution is 6.36. The number of ether oxygens (including phenoxy) is 1. The van der Waals surface area contributed by atoms with Crippen LogP contribution < -0.4 is 10.1 Å². The largest absolute Gasteiger partial charge is 0.483 e. The molecule has 162 valence electrons. The van der Waals surface area contributed by atoms with E-state index in [1.165, 1.54) is 4.90 Å². The number of hydrogen-bond donors (Lipinski definition) is 1. The molecule has 0 spiro atoms. The van der Waals surface area contributed by atoms with Gasteiger partial charge in [0.2, 0.25) is 5.91 Å². The van der Waals surface area contributed by atoms with E-state index in [-0.39, 0.29) is 31.0 Å². The molecule has 5 nitrogen and oxygen atoms in total. The normalized spacial score (nSPS) is 11.9. The number of nitrogens with one attached hydrogen (secondary N) is 1. The van der Waals surface area contributed by atoms with Crippen LogP contribution in [-0.4, -0.2) is 35.4 Å². The summed E-state index contributed by atoms with van der Waals surface area (Å²) in [6.45, 7) is 9.18. The molecular weight excluding hydrogens is 423 g/mol. The Morgan fingerprint density at radius 1 is 1.07 bits per heavy atom. The van der Waals surface area contributed by atoms with Crippen molar-refractivity contribution in [1.29, 1.82) is 0 Å². The molecule has 1 unspecified atom stereocenters. The Hall–Kier alpha value is -2.24. The van der Waals surface area contributed by atoms with Crippen molar-refractivity contribution in [2.24, 2.45) is 0 Å². The van der Waals surface area contributed by atoms with E-state index in [4.69, 9.17) is 27.9 Å². The Labute approximate surface area is 188 Å². The maximum atomic E-state index is 13.1. The van der Waals surface area contributed by atoms with E-state index >= 15 is 0 Å². The number of halogens is 2. The average molecular weight is 451 g/mol. The van der Waals surface area contributed by atoms with E-state index in [0.29, 0.717) is 21.4 Å². The van der Waals surface area contributed by atoms with Crippen LogP contribution in [0, 0.1) is 13.8 Å². The van der Waals surface area contributed by atoms with Crippen LogP contribution >= 0.6 is 23.2 Å². The third-order valence-electron chi connectivity index (χ3n) is 4.68. The van der Waals surface area contributed by atoms with Crippen LogP contribution in [0.5, 0.6) is 5.75 Å². The second kappa shape index (κ2) is 10.7. The van der Waals surface area contributed by atoms with Gasteiger partial charge in [-0.2, -0.15) is 0 Å². The molecule has 0 bridgehead atoms. The van der Waals surface area contributed by atoms with Crippen LogP contribution in [0.25, 0.3) is 0 Å². The fraction of sp³-hybridized carbons (Fsp3) is 0.391. The van der Waals surface area contributed by atoms with Gasteiger partial charge in [-0.15, -0.1) is 0 Å². The van der Waals surface area contributed by atoms with Gasteiger partial charge < -0.3 is 15.0 Å². The molecule has 0 aliphatic heterocycles. The highest BCUT2D eigenvalue weighted by Gasteiger charge is 2.28. The van der Waals surface area contributed by atoms with Crippen molar-refractivity contribution >= 4 is 35.0 Å². The van der Waals surface area contributed by atoms with Crippen LogP contribution in [0.4, 0.5) is 0 Å². The fourth-order valence-corrected chi connectivity index (χ4v) is 3.44. The lowest BCUT2D eigenvalue weighted by Crippen LogP contribution is -2.50. The highest BCUT2D eigenvalue weighted by atomic mass is 35.5. The third-order valence-corrected chi connectivity index (χ3v) is 5.39. The van der Waals surface area contributed by atoms with Gasteiger partial charge >= 0.3 is 0 Å². The summed E-state index contributed by atoms with van der Waals surface area (Å²) in [7, 11) is 0. The van der Waals surface area contributed by atoms with E-state index in [1.807, 2.05) is 45.9 Å². The van der Waals surface area contributed by atoms with Crippen molar-refractivity contribution in [1.82, 2.24) is 10.2 Å². The lowest BCUT2D eigenvalue weighted by Gasteiger charge is -2.30. The molecule has 7 heteroatoms. The summed E-state index contributed by atoms with van der Waals surface area (Å²) in [5.74, 6) is 0.0462. The second-order valence-corrected chi connectivity index (χ2v) is 8.43. The molecule has 30 heavy (non-hydrogen) atoms. The Bertz CT molecular complexity index is 895. The van der Waals surface area contributed by atoms with Gasteiger partial charge in [-0.25, -0.2) is 0 Å². The summed E-state index contributed by atoms with van der Waals surface area (Å²) in [6.07, 6.45) is 0. The van der Waals surface area contributed by atoms with E-state index in [9.17, 15) is 9.59 Å². The summed E-state index contributed by atoms with van der Waals surface area (Å²) >= 11 is 12.6. The Balaban J connectivity index is 2.26. The first-order valence-corrected chi connectivity index (χ1v) is 10.6. The molecule has 2 aromatic rings. The Kier molecular flexibility index (Phi) is 8.56. The van der Waals surface area contributed by atoms with Gasteiger partial charge in [0.05, 0.1) is 0 Å². The van der Waals surface area contributed by atoms with Crippen molar-refractivity contribution in [2.45, 2.75) is 53.2 Å². The molecule has 0 radical (unpaired) electrons. The third kappa shape index (κ3) is 6.38. The number of carbonyl (C=O) groups excluding carboxylic acids is 2. The number of rotatable bonds is 8. The van der Waals surface area contributed by atoms with Crippen molar-refractivity contribution in [3.8, 4) is 5.75 Å². The zero-order valence-corrected chi connectivity index (χ0v) is 19.5. The fourth-order valence-electron chi connectivity index (χ4n) is 2.93. The van der Waals surface area contributed by atoms with Gasteiger partial charge in [0.25, 0.3) is 5.91 Å². The van der Waals surface area contributed by atoms with E-state index in [1.54, 1.807) is 25.1 Å². The molecule has 2 aromatic carbocycles. The summed E-state index contributed by atoms with van der Waals surface area (Å²) in [5, 5.41) is 3.72. The summed E-state index contributed by atoms with van der Waals surface area (Å²) in [6, 6.07) is 10.2. The lowest BCUT2D eigenvalue weighted by molar-refractivity contribution is -0.142. The minimum Gasteiger partial charge on any atom is -0.483 e. The molecule has 0 aliphatic rings. The average Bonchev–Trinajstić information content (AvgIpc) is 2.67. The van der Waals surface area contributed by atoms with Crippen molar-refractivity contribution in [2.75, 3.05) is 6.61 Å². The summed E-state index contributed by atoms with van der Waals surface area (Å²) in [4.78, 5) is 27.2. The van der Waals surface area contributed by atoms with Gasteiger partial charge in [0.1, 0.15) is 11.8 Å². The van der Waals surface area contributed by atoms with Crippen LogP contribution in [0.3, 0.4) is 0 Å². The van der Waals surface area contributed by atoms with E-state index in [2.05, 4.69) is 5.32 Å². The second-order valence-electron chi connectivity index (χ2n) is 7.62. The van der Waals surface area contributed by atoms with Gasteiger partial charge in [0, 0.05) is 28.2 Å². The van der Waals surface area contributed by atoms with Gasteiger partial charge in [-0.05, 0) is 63.9 Å². The molecule has 2 rings (SSSR count). The first-order chi connectivity index (χ1) is 14.1. The number of nitrogens with zero attached hydrogens (tertiary/aromatic N) is 1. The highest BCUT2D eigenvalue weighted by Crippen LogP contribution is 2.27. The smallest absolute Gasteiger partial charge is 0.261 e.